The summed E-state index contributed by atoms with van der Waals surface area (Å²) in [5.41, 5.74) is 6.64. The van der Waals surface area contributed by atoms with Gasteiger partial charge in [-0.25, -0.2) is 4.79 Å². The van der Waals surface area contributed by atoms with Gasteiger partial charge in [-0.2, -0.15) is 0 Å². The SMILES string of the molecule is C[C@H](OC(=O)c1ccc(Cl)c(N)c1)C(=O)c1ccc(Br)cc1. The van der Waals surface area contributed by atoms with Crippen molar-refractivity contribution in [3.8, 4) is 0 Å². The van der Waals surface area contributed by atoms with E-state index >= 15 is 0 Å². The van der Waals surface area contributed by atoms with Crippen molar-refractivity contribution in [3.05, 3.63) is 63.1 Å². The van der Waals surface area contributed by atoms with E-state index in [0.717, 1.165) is 4.47 Å². The molecule has 0 amide bonds. The van der Waals surface area contributed by atoms with Gasteiger partial charge in [0.1, 0.15) is 0 Å². The highest BCUT2D eigenvalue weighted by molar-refractivity contribution is 9.10. The zero-order valence-corrected chi connectivity index (χ0v) is 14.0. The highest BCUT2D eigenvalue weighted by Crippen LogP contribution is 2.20. The van der Waals surface area contributed by atoms with Crippen molar-refractivity contribution in [2.24, 2.45) is 0 Å². The minimum absolute atomic E-state index is 0.248. The number of ether oxygens (including phenoxy) is 1. The van der Waals surface area contributed by atoms with E-state index in [1.165, 1.54) is 25.1 Å². The van der Waals surface area contributed by atoms with Crippen molar-refractivity contribution in [2.75, 3.05) is 5.73 Å². The van der Waals surface area contributed by atoms with E-state index in [9.17, 15) is 9.59 Å². The molecule has 0 aliphatic heterocycles. The summed E-state index contributed by atoms with van der Waals surface area (Å²) in [7, 11) is 0. The number of nitrogen functional groups attached to an aromatic ring is 1. The predicted octanol–water partition coefficient (Wildman–Crippen LogP) is 4.11. The van der Waals surface area contributed by atoms with Crippen molar-refractivity contribution in [3.63, 3.8) is 0 Å². The molecule has 0 aromatic heterocycles. The van der Waals surface area contributed by atoms with Gasteiger partial charge in [-0.05, 0) is 37.3 Å². The smallest absolute Gasteiger partial charge is 0.338 e. The molecule has 0 spiro atoms. The van der Waals surface area contributed by atoms with Crippen LogP contribution in [0.25, 0.3) is 0 Å². The van der Waals surface area contributed by atoms with Crippen molar-refractivity contribution >= 4 is 45.0 Å². The van der Waals surface area contributed by atoms with Gasteiger partial charge in [0.15, 0.2) is 6.10 Å². The molecule has 2 rings (SSSR count). The van der Waals surface area contributed by atoms with Crippen LogP contribution in [-0.2, 0) is 4.74 Å². The Bertz CT molecular complexity index is 716. The lowest BCUT2D eigenvalue weighted by molar-refractivity contribution is 0.0319. The fraction of sp³-hybridized carbons (Fsp3) is 0.125. The Labute approximate surface area is 141 Å². The van der Waals surface area contributed by atoms with Crippen LogP contribution in [-0.4, -0.2) is 17.9 Å². The zero-order valence-electron chi connectivity index (χ0n) is 11.7. The summed E-state index contributed by atoms with van der Waals surface area (Å²) in [5.74, 6) is -0.899. The third-order valence-electron chi connectivity index (χ3n) is 3.01. The Hall–Kier alpha value is -1.85. The number of Topliss-reactive ketones (excluding diaryl/α,β-unsaturated/α-hetero) is 1. The molecule has 0 bridgehead atoms. The Kier molecular flexibility index (Phi) is 5.21. The number of carbonyl (C=O) groups is 2. The van der Waals surface area contributed by atoms with Crippen LogP contribution < -0.4 is 5.73 Å². The second-order valence-corrected chi connectivity index (χ2v) is 5.98. The zero-order chi connectivity index (χ0) is 16.3. The molecule has 114 valence electrons. The summed E-state index contributed by atoms with van der Waals surface area (Å²) in [4.78, 5) is 24.2. The number of hydrogen-bond donors (Lipinski definition) is 1. The lowest BCUT2D eigenvalue weighted by Gasteiger charge is -2.13. The Balaban J connectivity index is 2.08. The number of rotatable bonds is 4. The topological polar surface area (TPSA) is 69.4 Å². The van der Waals surface area contributed by atoms with Crippen LogP contribution in [0.15, 0.2) is 46.9 Å². The highest BCUT2D eigenvalue weighted by atomic mass is 79.9. The number of benzene rings is 2. The molecule has 2 N–H and O–H groups in total. The third kappa shape index (κ3) is 3.87. The van der Waals surface area contributed by atoms with Crippen molar-refractivity contribution < 1.29 is 14.3 Å². The molecule has 6 heteroatoms. The first-order valence-electron chi connectivity index (χ1n) is 6.44. The van der Waals surface area contributed by atoms with Gasteiger partial charge in [0.25, 0.3) is 0 Å². The molecule has 2 aromatic rings. The lowest BCUT2D eigenvalue weighted by Crippen LogP contribution is -2.24. The predicted molar refractivity (Wildman–Crippen MR) is 89.2 cm³/mol. The molecule has 0 unspecified atom stereocenters. The largest absolute Gasteiger partial charge is 0.451 e. The van der Waals surface area contributed by atoms with Crippen LogP contribution in [0.4, 0.5) is 5.69 Å². The average molecular weight is 383 g/mol. The van der Waals surface area contributed by atoms with Crippen LogP contribution in [0.2, 0.25) is 5.02 Å². The second-order valence-electron chi connectivity index (χ2n) is 4.65. The molecule has 22 heavy (non-hydrogen) atoms. The molecule has 4 nitrogen and oxygen atoms in total. The highest BCUT2D eigenvalue weighted by Gasteiger charge is 2.20. The van der Waals surface area contributed by atoms with Gasteiger partial charge in [-0.3, -0.25) is 4.79 Å². The molecule has 0 aliphatic carbocycles. The first-order chi connectivity index (χ1) is 10.4. The van der Waals surface area contributed by atoms with Crippen LogP contribution in [0.1, 0.15) is 27.6 Å². The minimum atomic E-state index is -0.898. The molecule has 1 atom stereocenters. The summed E-state index contributed by atoms with van der Waals surface area (Å²) < 4.78 is 6.04. The number of nitrogens with two attached hydrogens (primary N) is 1. The Morgan fingerprint density at radius 3 is 2.32 bits per heavy atom. The summed E-state index contributed by atoms with van der Waals surface area (Å²) in [5, 5.41) is 0.357. The van der Waals surface area contributed by atoms with E-state index < -0.39 is 12.1 Å². The van der Waals surface area contributed by atoms with Crippen molar-refractivity contribution in [2.45, 2.75) is 13.0 Å². The van der Waals surface area contributed by atoms with Crippen LogP contribution in [0.5, 0.6) is 0 Å². The summed E-state index contributed by atoms with van der Waals surface area (Å²) in [6.45, 7) is 1.53. The van der Waals surface area contributed by atoms with Gasteiger partial charge in [0, 0.05) is 10.0 Å². The first kappa shape index (κ1) is 16.5. The molecule has 2 aromatic carbocycles. The maximum atomic E-state index is 12.2. The lowest BCUT2D eigenvalue weighted by atomic mass is 10.1. The summed E-state index contributed by atoms with van der Waals surface area (Å²) in [6.07, 6.45) is -0.898. The van der Waals surface area contributed by atoms with E-state index in [1.54, 1.807) is 24.3 Å². The average Bonchev–Trinajstić information content (AvgIpc) is 2.50. The van der Waals surface area contributed by atoms with Crippen LogP contribution in [0.3, 0.4) is 0 Å². The van der Waals surface area contributed by atoms with Gasteiger partial charge in [0.2, 0.25) is 5.78 Å². The number of esters is 1. The molecule has 0 saturated heterocycles. The Morgan fingerprint density at radius 2 is 1.73 bits per heavy atom. The summed E-state index contributed by atoms with van der Waals surface area (Å²) >= 11 is 9.10. The molecule has 0 aliphatic rings. The normalized spacial score (nSPS) is 11.8. The molecule has 0 heterocycles. The van der Waals surface area contributed by atoms with Gasteiger partial charge in [0.05, 0.1) is 16.3 Å². The van der Waals surface area contributed by atoms with Gasteiger partial charge >= 0.3 is 5.97 Å². The maximum absolute atomic E-state index is 12.2. The van der Waals surface area contributed by atoms with Gasteiger partial charge in [-0.15, -0.1) is 0 Å². The quantitative estimate of drug-likeness (QED) is 0.491. The molecule has 0 radical (unpaired) electrons. The van der Waals surface area contributed by atoms with E-state index in [0.29, 0.717) is 10.6 Å². The number of anilines is 1. The molecule has 0 saturated carbocycles. The van der Waals surface area contributed by atoms with Crippen LogP contribution in [0, 0.1) is 0 Å². The van der Waals surface area contributed by atoms with Crippen LogP contribution >= 0.6 is 27.5 Å². The van der Waals surface area contributed by atoms with Crippen molar-refractivity contribution in [1.82, 2.24) is 0 Å². The van der Waals surface area contributed by atoms with E-state index in [2.05, 4.69) is 15.9 Å². The van der Waals surface area contributed by atoms with E-state index in [1.807, 2.05) is 0 Å². The monoisotopic (exact) mass is 381 g/mol. The fourth-order valence-electron chi connectivity index (χ4n) is 1.80. The molecular formula is C16H13BrClNO3. The van der Waals surface area contributed by atoms with E-state index in [-0.39, 0.29) is 17.0 Å². The summed E-state index contributed by atoms with van der Waals surface area (Å²) in [6, 6.07) is 11.3. The number of ketones is 1. The molecule has 0 fully saturated rings. The van der Waals surface area contributed by atoms with Crippen molar-refractivity contribution in [1.29, 1.82) is 0 Å². The number of halogens is 2. The van der Waals surface area contributed by atoms with Gasteiger partial charge < -0.3 is 10.5 Å². The number of carbonyl (C=O) groups excluding carboxylic acids is 2. The number of hydrogen-bond acceptors (Lipinski definition) is 4. The second kappa shape index (κ2) is 6.94. The first-order valence-corrected chi connectivity index (χ1v) is 7.61. The Morgan fingerprint density at radius 1 is 1.14 bits per heavy atom. The third-order valence-corrected chi connectivity index (χ3v) is 3.89. The van der Waals surface area contributed by atoms with Gasteiger partial charge in [-0.1, -0.05) is 39.7 Å². The molecular weight excluding hydrogens is 370 g/mol. The standard InChI is InChI=1S/C16H13BrClNO3/c1-9(15(20)10-2-5-12(17)6-3-10)22-16(21)11-4-7-13(18)14(19)8-11/h2-9H,19H2,1H3/t9-/m0/s1. The maximum Gasteiger partial charge on any atom is 0.338 e. The fourth-order valence-corrected chi connectivity index (χ4v) is 2.18. The minimum Gasteiger partial charge on any atom is -0.451 e. The van der Waals surface area contributed by atoms with E-state index in [4.69, 9.17) is 22.1 Å².